The topological polar surface area (TPSA) is 37.3 Å². The van der Waals surface area contributed by atoms with Gasteiger partial charge < -0.3 is 5.11 Å². The molecule has 0 bridgehead atoms. The minimum absolute atomic E-state index is 0.333. The van der Waals surface area contributed by atoms with Crippen molar-refractivity contribution in [2.24, 2.45) is 29.6 Å². The molecule has 2 heteroatoms. The number of unbranched alkanes of at least 4 members (excludes halogenated alkanes) is 2. The van der Waals surface area contributed by atoms with Crippen LogP contribution in [0, 0.1) is 29.6 Å². The Kier molecular flexibility index (Phi) is 4.28. The maximum absolute atomic E-state index is 10.5. The Morgan fingerprint density at radius 1 is 1.05 bits per heavy atom. The van der Waals surface area contributed by atoms with E-state index in [2.05, 4.69) is 24.3 Å². The van der Waals surface area contributed by atoms with Crippen LogP contribution in [0.1, 0.15) is 51.4 Å². The molecule has 20 heavy (non-hydrogen) atoms. The number of aliphatic carboxylic acids is 1. The second-order valence-electron chi connectivity index (χ2n) is 6.86. The van der Waals surface area contributed by atoms with Gasteiger partial charge >= 0.3 is 5.97 Å². The Hall–Kier alpha value is -1.05. The summed E-state index contributed by atoms with van der Waals surface area (Å²) in [7, 11) is 0. The quantitative estimate of drug-likeness (QED) is 0.575. The zero-order valence-corrected chi connectivity index (χ0v) is 12.2. The van der Waals surface area contributed by atoms with Gasteiger partial charge in [-0.15, -0.1) is 0 Å². The van der Waals surface area contributed by atoms with Crippen molar-refractivity contribution in [3.05, 3.63) is 24.3 Å². The molecule has 5 atom stereocenters. The molecule has 0 amide bonds. The molecule has 1 fully saturated rings. The van der Waals surface area contributed by atoms with E-state index in [9.17, 15) is 4.79 Å². The summed E-state index contributed by atoms with van der Waals surface area (Å²) in [5.74, 6) is 3.68. The Morgan fingerprint density at radius 2 is 1.90 bits per heavy atom. The first-order valence-electron chi connectivity index (χ1n) is 8.32. The molecule has 3 rings (SSSR count). The van der Waals surface area contributed by atoms with Gasteiger partial charge in [-0.1, -0.05) is 37.1 Å². The Labute approximate surface area is 122 Å². The van der Waals surface area contributed by atoms with Crippen molar-refractivity contribution in [2.45, 2.75) is 51.4 Å². The third-order valence-electron chi connectivity index (χ3n) is 5.65. The maximum Gasteiger partial charge on any atom is 0.303 e. The van der Waals surface area contributed by atoms with Crippen LogP contribution in [0.25, 0.3) is 0 Å². The van der Waals surface area contributed by atoms with Crippen LogP contribution in [0.15, 0.2) is 24.3 Å². The summed E-state index contributed by atoms with van der Waals surface area (Å²) in [6.07, 6.45) is 18.6. The van der Waals surface area contributed by atoms with Crippen molar-refractivity contribution in [3.63, 3.8) is 0 Å². The van der Waals surface area contributed by atoms with E-state index in [0.29, 0.717) is 6.42 Å². The van der Waals surface area contributed by atoms with Crippen molar-refractivity contribution in [2.75, 3.05) is 0 Å². The van der Waals surface area contributed by atoms with Crippen molar-refractivity contribution in [1.29, 1.82) is 0 Å². The highest BCUT2D eigenvalue weighted by Gasteiger charge is 2.49. The van der Waals surface area contributed by atoms with E-state index >= 15 is 0 Å². The number of fused-ring (bicyclic) bond motifs is 4. The molecule has 2 nitrogen and oxygen atoms in total. The number of carbonyl (C=O) groups is 1. The average Bonchev–Trinajstić information content (AvgIpc) is 2.44. The first-order chi connectivity index (χ1) is 9.75. The highest BCUT2D eigenvalue weighted by molar-refractivity contribution is 5.66. The van der Waals surface area contributed by atoms with Gasteiger partial charge in [0, 0.05) is 6.42 Å². The molecule has 0 aliphatic heterocycles. The molecule has 0 saturated heterocycles. The molecule has 3 aliphatic rings. The summed E-state index contributed by atoms with van der Waals surface area (Å²) in [4.78, 5) is 10.5. The van der Waals surface area contributed by atoms with Gasteiger partial charge in [0.2, 0.25) is 0 Å². The molecule has 0 aromatic carbocycles. The van der Waals surface area contributed by atoms with E-state index in [-0.39, 0.29) is 0 Å². The van der Waals surface area contributed by atoms with Gasteiger partial charge in [-0.3, -0.25) is 4.79 Å². The van der Waals surface area contributed by atoms with Crippen LogP contribution in [0.4, 0.5) is 0 Å². The predicted octanol–water partition coefficient (Wildman–Crippen LogP) is 4.43. The molecule has 3 aliphatic carbocycles. The van der Waals surface area contributed by atoms with E-state index in [0.717, 1.165) is 42.4 Å². The maximum atomic E-state index is 10.5. The lowest BCUT2D eigenvalue weighted by atomic mass is 9.50. The SMILES string of the molecule is O=C(O)CCCCCC1C=CC2C3CCC=CC3C2C1. The molecule has 110 valence electrons. The second-order valence-corrected chi connectivity index (χ2v) is 6.86. The molecule has 0 spiro atoms. The summed E-state index contributed by atoms with van der Waals surface area (Å²) in [5, 5.41) is 8.63. The molecule has 0 aromatic heterocycles. The van der Waals surface area contributed by atoms with Crippen molar-refractivity contribution in [3.8, 4) is 0 Å². The van der Waals surface area contributed by atoms with Crippen LogP contribution in [-0.4, -0.2) is 11.1 Å². The Morgan fingerprint density at radius 3 is 2.75 bits per heavy atom. The van der Waals surface area contributed by atoms with Crippen molar-refractivity contribution >= 4 is 5.97 Å². The fraction of sp³-hybridized carbons (Fsp3) is 0.722. The predicted molar refractivity (Wildman–Crippen MR) is 80.3 cm³/mol. The summed E-state index contributed by atoms with van der Waals surface area (Å²) < 4.78 is 0. The van der Waals surface area contributed by atoms with Gasteiger partial charge in [-0.05, 0) is 61.7 Å². The monoisotopic (exact) mass is 274 g/mol. The van der Waals surface area contributed by atoms with E-state index < -0.39 is 5.97 Å². The minimum atomic E-state index is -0.657. The summed E-state index contributed by atoms with van der Waals surface area (Å²) in [6.45, 7) is 0. The van der Waals surface area contributed by atoms with Crippen LogP contribution >= 0.6 is 0 Å². The molecule has 1 N–H and O–H groups in total. The highest BCUT2D eigenvalue weighted by Crippen LogP contribution is 2.56. The molecule has 0 radical (unpaired) electrons. The van der Waals surface area contributed by atoms with Crippen molar-refractivity contribution < 1.29 is 9.90 Å². The molecule has 5 unspecified atom stereocenters. The Balaban J connectivity index is 1.41. The zero-order chi connectivity index (χ0) is 13.9. The van der Waals surface area contributed by atoms with Gasteiger partial charge in [-0.25, -0.2) is 0 Å². The molecule has 0 aromatic rings. The zero-order valence-electron chi connectivity index (χ0n) is 12.2. The molecule has 1 saturated carbocycles. The Bertz CT molecular complexity index is 410. The number of allylic oxidation sites excluding steroid dienone is 4. The fourth-order valence-electron chi connectivity index (χ4n) is 4.60. The number of rotatable bonds is 6. The first kappa shape index (κ1) is 13.9. The number of carboxylic acid groups (broad SMARTS) is 1. The van der Waals surface area contributed by atoms with Crippen molar-refractivity contribution in [1.82, 2.24) is 0 Å². The number of hydrogen-bond donors (Lipinski definition) is 1. The smallest absolute Gasteiger partial charge is 0.303 e. The summed E-state index contributed by atoms with van der Waals surface area (Å²) in [6, 6.07) is 0. The van der Waals surface area contributed by atoms with Crippen LogP contribution in [0.2, 0.25) is 0 Å². The van der Waals surface area contributed by atoms with Gasteiger partial charge in [0.1, 0.15) is 0 Å². The van der Waals surface area contributed by atoms with E-state index in [1.54, 1.807) is 0 Å². The lowest BCUT2D eigenvalue weighted by Gasteiger charge is -2.54. The van der Waals surface area contributed by atoms with E-state index in [1.807, 2.05) is 0 Å². The van der Waals surface area contributed by atoms with Gasteiger partial charge in [-0.2, -0.15) is 0 Å². The van der Waals surface area contributed by atoms with Gasteiger partial charge in [0.15, 0.2) is 0 Å². The number of carboxylic acids is 1. The first-order valence-corrected chi connectivity index (χ1v) is 8.32. The molecular formula is C18H26O2. The standard InChI is InChI=1S/C18H26O2/c19-18(20)9-3-1-2-6-13-10-11-16-14-7-4-5-8-15(14)17(16)12-13/h5,8,10-11,13-17H,1-4,6-7,9,12H2,(H,19,20). The largest absolute Gasteiger partial charge is 0.481 e. The number of hydrogen-bond acceptors (Lipinski definition) is 1. The van der Waals surface area contributed by atoms with Crippen LogP contribution in [0.3, 0.4) is 0 Å². The minimum Gasteiger partial charge on any atom is -0.481 e. The average molecular weight is 274 g/mol. The molecular weight excluding hydrogens is 248 g/mol. The van der Waals surface area contributed by atoms with E-state index in [1.165, 1.54) is 32.1 Å². The van der Waals surface area contributed by atoms with E-state index in [4.69, 9.17) is 5.11 Å². The third-order valence-corrected chi connectivity index (χ3v) is 5.65. The normalized spacial score (nSPS) is 37.9. The van der Waals surface area contributed by atoms with Gasteiger partial charge in [0.05, 0.1) is 0 Å². The highest BCUT2D eigenvalue weighted by atomic mass is 16.4. The molecule has 0 heterocycles. The second kappa shape index (κ2) is 6.15. The van der Waals surface area contributed by atoms with Crippen LogP contribution in [-0.2, 0) is 4.79 Å². The summed E-state index contributed by atoms with van der Waals surface area (Å²) >= 11 is 0. The third kappa shape index (κ3) is 2.84. The lowest BCUT2D eigenvalue weighted by Crippen LogP contribution is -2.48. The lowest BCUT2D eigenvalue weighted by molar-refractivity contribution is -0.137. The van der Waals surface area contributed by atoms with Crippen LogP contribution < -0.4 is 0 Å². The van der Waals surface area contributed by atoms with Crippen LogP contribution in [0.5, 0.6) is 0 Å². The fourth-order valence-corrected chi connectivity index (χ4v) is 4.60. The summed E-state index contributed by atoms with van der Waals surface area (Å²) in [5.41, 5.74) is 0. The van der Waals surface area contributed by atoms with Gasteiger partial charge in [0.25, 0.3) is 0 Å².